The van der Waals surface area contributed by atoms with Gasteiger partial charge in [0.2, 0.25) is 0 Å². The Kier molecular flexibility index (Phi) is 4.24. The Hall–Kier alpha value is -1.28. The second kappa shape index (κ2) is 5.61. The number of thioether (sulfide) groups is 1. The van der Waals surface area contributed by atoms with Gasteiger partial charge < -0.3 is 10.4 Å². The Morgan fingerprint density at radius 1 is 1.55 bits per heavy atom. The van der Waals surface area contributed by atoms with Crippen molar-refractivity contribution in [2.75, 3.05) is 18.1 Å². The second-order valence-corrected chi connectivity index (χ2v) is 5.73. The van der Waals surface area contributed by atoms with Crippen LogP contribution in [0.15, 0.2) is 18.5 Å². The van der Waals surface area contributed by atoms with Crippen molar-refractivity contribution in [3.8, 4) is 0 Å². The first-order chi connectivity index (χ1) is 9.32. The van der Waals surface area contributed by atoms with E-state index in [1.807, 2.05) is 0 Å². The number of hydrogen-bond acceptors (Lipinski definition) is 4. The summed E-state index contributed by atoms with van der Waals surface area (Å²) in [6.45, 7) is -0.0571. The number of amides is 1. The van der Waals surface area contributed by atoms with Crippen molar-refractivity contribution in [3.63, 3.8) is 0 Å². The van der Waals surface area contributed by atoms with E-state index < -0.39 is 28.8 Å². The molecule has 20 heavy (non-hydrogen) atoms. The maximum Gasteiger partial charge on any atom is 0.418 e. The average Bonchev–Trinajstić information content (AvgIpc) is 2.82. The zero-order valence-corrected chi connectivity index (χ0v) is 11.2. The predicted octanol–water partition coefficient (Wildman–Crippen LogP) is 1.70. The molecule has 1 atom stereocenters. The molecule has 2 rings (SSSR count). The number of pyridine rings is 1. The third-order valence-corrected chi connectivity index (χ3v) is 4.27. The maximum absolute atomic E-state index is 12.8. The fourth-order valence-electron chi connectivity index (χ4n) is 1.89. The van der Waals surface area contributed by atoms with E-state index in [0.717, 1.165) is 18.0 Å². The first-order valence-electron chi connectivity index (χ1n) is 5.91. The Balaban J connectivity index is 2.10. The summed E-state index contributed by atoms with van der Waals surface area (Å²) in [5.41, 5.74) is -2.60. The molecular formula is C12H13F3N2O2S. The van der Waals surface area contributed by atoms with Crippen LogP contribution >= 0.6 is 11.8 Å². The smallest absolute Gasteiger partial charge is 0.387 e. The summed E-state index contributed by atoms with van der Waals surface area (Å²) in [6, 6.07) is 1.02. The summed E-state index contributed by atoms with van der Waals surface area (Å²) >= 11 is 1.54. The van der Waals surface area contributed by atoms with Gasteiger partial charge in [0.15, 0.2) is 0 Å². The molecule has 8 heteroatoms. The van der Waals surface area contributed by atoms with Crippen LogP contribution in [-0.4, -0.2) is 39.6 Å². The second-order valence-electron chi connectivity index (χ2n) is 4.63. The van der Waals surface area contributed by atoms with Gasteiger partial charge in [0.25, 0.3) is 5.91 Å². The fourth-order valence-corrected chi connectivity index (χ4v) is 3.19. The molecule has 0 bridgehead atoms. The molecule has 1 fully saturated rings. The molecule has 1 aliphatic rings. The summed E-state index contributed by atoms with van der Waals surface area (Å²) in [7, 11) is 0. The molecule has 1 aromatic rings. The van der Waals surface area contributed by atoms with Crippen LogP contribution in [0.25, 0.3) is 0 Å². The maximum atomic E-state index is 12.8. The van der Waals surface area contributed by atoms with E-state index in [9.17, 15) is 23.1 Å². The molecule has 1 aliphatic heterocycles. The molecule has 0 radical (unpaired) electrons. The third-order valence-electron chi connectivity index (χ3n) is 3.03. The van der Waals surface area contributed by atoms with Gasteiger partial charge in [0, 0.05) is 24.7 Å². The lowest BCUT2D eigenvalue weighted by molar-refractivity contribution is -0.138. The Morgan fingerprint density at radius 2 is 2.30 bits per heavy atom. The fraction of sp³-hybridized carbons (Fsp3) is 0.500. The van der Waals surface area contributed by atoms with E-state index in [1.165, 1.54) is 0 Å². The monoisotopic (exact) mass is 306 g/mol. The van der Waals surface area contributed by atoms with Crippen LogP contribution in [0.4, 0.5) is 13.2 Å². The van der Waals surface area contributed by atoms with E-state index in [0.29, 0.717) is 18.4 Å². The van der Waals surface area contributed by atoms with E-state index >= 15 is 0 Å². The Labute approximate surface area is 117 Å². The zero-order valence-electron chi connectivity index (χ0n) is 10.4. The van der Waals surface area contributed by atoms with Crippen molar-refractivity contribution < 1.29 is 23.1 Å². The van der Waals surface area contributed by atoms with Crippen LogP contribution in [0.1, 0.15) is 22.3 Å². The van der Waals surface area contributed by atoms with Crippen LogP contribution < -0.4 is 5.32 Å². The molecule has 0 spiro atoms. The number of hydrogen-bond donors (Lipinski definition) is 2. The van der Waals surface area contributed by atoms with Gasteiger partial charge in [-0.25, -0.2) is 0 Å². The Bertz CT molecular complexity index is 502. The molecule has 4 nitrogen and oxygen atoms in total. The number of alkyl halides is 3. The summed E-state index contributed by atoms with van der Waals surface area (Å²) in [5, 5.41) is 12.4. The van der Waals surface area contributed by atoms with E-state index in [-0.39, 0.29) is 6.54 Å². The summed E-state index contributed by atoms with van der Waals surface area (Å²) in [4.78, 5) is 15.2. The SMILES string of the molecule is O=C(NCC1(O)CCSC1)c1ccncc1C(F)(F)F. The molecule has 1 amide bonds. The molecule has 1 unspecified atom stereocenters. The van der Waals surface area contributed by atoms with Gasteiger partial charge in [0.1, 0.15) is 0 Å². The molecule has 0 aromatic carbocycles. The number of halogens is 3. The lowest BCUT2D eigenvalue weighted by atomic mass is 10.0. The van der Waals surface area contributed by atoms with Crippen LogP contribution in [-0.2, 0) is 6.18 Å². The minimum absolute atomic E-state index is 0.0571. The molecule has 1 saturated heterocycles. The first kappa shape index (κ1) is 15.1. The van der Waals surface area contributed by atoms with Crippen LogP contribution in [0, 0.1) is 0 Å². The first-order valence-corrected chi connectivity index (χ1v) is 7.07. The summed E-state index contributed by atoms with van der Waals surface area (Å²) in [5.74, 6) is 0.385. The van der Waals surface area contributed by atoms with Crippen LogP contribution in [0.2, 0.25) is 0 Å². The van der Waals surface area contributed by atoms with Crippen molar-refractivity contribution in [2.45, 2.75) is 18.2 Å². The number of carbonyl (C=O) groups is 1. The van der Waals surface area contributed by atoms with Crippen molar-refractivity contribution >= 4 is 17.7 Å². The van der Waals surface area contributed by atoms with Crippen LogP contribution in [0.5, 0.6) is 0 Å². The molecular weight excluding hydrogens is 293 g/mol. The minimum Gasteiger partial charge on any atom is -0.387 e. The van der Waals surface area contributed by atoms with Crippen molar-refractivity contribution in [3.05, 3.63) is 29.6 Å². The molecule has 0 saturated carbocycles. The lowest BCUT2D eigenvalue weighted by Gasteiger charge is -2.22. The number of rotatable bonds is 3. The van der Waals surface area contributed by atoms with Crippen molar-refractivity contribution in [2.24, 2.45) is 0 Å². The molecule has 2 heterocycles. The highest BCUT2D eigenvalue weighted by Crippen LogP contribution is 2.31. The quantitative estimate of drug-likeness (QED) is 0.892. The average molecular weight is 306 g/mol. The highest BCUT2D eigenvalue weighted by Gasteiger charge is 2.36. The highest BCUT2D eigenvalue weighted by atomic mass is 32.2. The number of nitrogens with zero attached hydrogens (tertiary/aromatic N) is 1. The standard InChI is InChI=1S/C12H13F3N2O2S/c13-12(14,15)9-5-16-3-1-8(9)10(18)17-6-11(19)2-4-20-7-11/h1,3,5,19H,2,4,6-7H2,(H,17,18). The zero-order chi connectivity index (χ0) is 14.8. The Morgan fingerprint density at radius 3 is 2.90 bits per heavy atom. The normalized spacial score (nSPS) is 22.8. The van der Waals surface area contributed by atoms with E-state index in [1.54, 1.807) is 11.8 Å². The molecule has 1 aromatic heterocycles. The van der Waals surface area contributed by atoms with Gasteiger partial charge in [-0.05, 0) is 18.2 Å². The van der Waals surface area contributed by atoms with Crippen molar-refractivity contribution in [1.29, 1.82) is 0 Å². The number of nitrogens with one attached hydrogen (secondary N) is 1. The highest BCUT2D eigenvalue weighted by molar-refractivity contribution is 7.99. The van der Waals surface area contributed by atoms with Gasteiger partial charge in [-0.1, -0.05) is 0 Å². The van der Waals surface area contributed by atoms with Crippen LogP contribution in [0.3, 0.4) is 0 Å². The van der Waals surface area contributed by atoms with Gasteiger partial charge in [0.05, 0.1) is 16.7 Å². The van der Waals surface area contributed by atoms with Gasteiger partial charge in [-0.3, -0.25) is 9.78 Å². The van der Waals surface area contributed by atoms with E-state index in [2.05, 4.69) is 10.3 Å². The summed E-state index contributed by atoms with van der Waals surface area (Å²) < 4.78 is 38.3. The topological polar surface area (TPSA) is 62.2 Å². The van der Waals surface area contributed by atoms with Gasteiger partial charge in [-0.15, -0.1) is 0 Å². The number of aliphatic hydroxyl groups is 1. The van der Waals surface area contributed by atoms with E-state index in [4.69, 9.17) is 0 Å². The number of carbonyl (C=O) groups excluding carboxylic acids is 1. The minimum atomic E-state index is -4.64. The lowest BCUT2D eigenvalue weighted by Crippen LogP contribution is -2.43. The number of aromatic nitrogens is 1. The predicted molar refractivity (Wildman–Crippen MR) is 68.5 cm³/mol. The molecule has 0 aliphatic carbocycles. The molecule has 110 valence electrons. The van der Waals surface area contributed by atoms with Gasteiger partial charge in [-0.2, -0.15) is 24.9 Å². The van der Waals surface area contributed by atoms with Crippen molar-refractivity contribution in [1.82, 2.24) is 10.3 Å². The largest absolute Gasteiger partial charge is 0.418 e. The van der Waals surface area contributed by atoms with Gasteiger partial charge >= 0.3 is 6.18 Å². The summed E-state index contributed by atoms with van der Waals surface area (Å²) in [6.07, 6.45) is -2.37. The third kappa shape index (κ3) is 3.43. The molecule has 2 N–H and O–H groups in total.